The number of benzene rings is 1. The van der Waals surface area contributed by atoms with Gasteiger partial charge in [0.05, 0.1) is 23.5 Å². The van der Waals surface area contributed by atoms with Crippen molar-refractivity contribution in [2.24, 2.45) is 0 Å². The van der Waals surface area contributed by atoms with Crippen LogP contribution in [0.15, 0.2) is 18.2 Å². The number of halogens is 1. The van der Waals surface area contributed by atoms with Crippen LogP contribution in [0.4, 0.5) is 4.39 Å². The van der Waals surface area contributed by atoms with Crippen LogP contribution < -0.4 is 0 Å². The second kappa shape index (κ2) is 5.52. The molecule has 1 aliphatic rings. The van der Waals surface area contributed by atoms with Gasteiger partial charge < -0.3 is 9.47 Å². The molecule has 0 radical (unpaired) electrons. The SMILES string of the molecule is N#CCc1nc2cc(F)ccc2n1CC(=O)N1CCCC1. The molecule has 3 rings (SSSR count). The van der Waals surface area contributed by atoms with E-state index in [0.717, 1.165) is 25.9 Å². The Balaban J connectivity index is 1.97. The van der Waals surface area contributed by atoms with Gasteiger partial charge in [0.15, 0.2) is 0 Å². The van der Waals surface area contributed by atoms with Gasteiger partial charge in [-0.2, -0.15) is 5.26 Å². The summed E-state index contributed by atoms with van der Waals surface area (Å²) in [6, 6.07) is 6.32. The van der Waals surface area contributed by atoms with Crippen LogP contribution in [0.2, 0.25) is 0 Å². The van der Waals surface area contributed by atoms with Gasteiger partial charge in [0.2, 0.25) is 5.91 Å². The molecule has 0 spiro atoms. The van der Waals surface area contributed by atoms with E-state index < -0.39 is 0 Å². The van der Waals surface area contributed by atoms with Crippen LogP contribution in [0.25, 0.3) is 11.0 Å². The number of hydrogen-bond acceptors (Lipinski definition) is 3. The standard InChI is InChI=1S/C15H15FN4O/c16-11-3-4-13-12(9-11)18-14(5-6-17)20(13)10-15(21)19-7-1-2-8-19/h3-4,9H,1-2,5,7-8,10H2. The third-order valence-corrected chi connectivity index (χ3v) is 3.78. The fraction of sp³-hybridized carbons (Fsp3) is 0.400. The first kappa shape index (κ1) is 13.6. The minimum Gasteiger partial charge on any atom is -0.341 e. The van der Waals surface area contributed by atoms with Crippen molar-refractivity contribution in [3.8, 4) is 6.07 Å². The molecule has 6 heteroatoms. The quantitative estimate of drug-likeness (QED) is 0.865. The second-order valence-electron chi connectivity index (χ2n) is 5.17. The van der Waals surface area contributed by atoms with Crippen LogP contribution in [-0.2, 0) is 17.8 Å². The smallest absolute Gasteiger partial charge is 0.242 e. The number of nitriles is 1. The Hall–Kier alpha value is -2.42. The Kier molecular flexibility index (Phi) is 3.57. The first-order chi connectivity index (χ1) is 10.2. The van der Waals surface area contributed by atoms with Crippen molar-refractivity contribution in [1.29, 1.82) is 5.26 Å². The Bertz CT molecular complexity index is 725. The normalized spacial score (nSPS) is 14.6. The molecule has 0 atom stereocenters. The number of imidazole rings is 1. The first-order valence-electron chi connectivity index (χ1n) is 6.98. The number of hydrogen-bond donors (Lipinski definition) is 0. The van der Waals surface area contributed by atoms with Gasteiger partial charge in [0.25, 0.3) is 0 Å². The molecule has 1 fully saturated rings. The molecule has 0 bridgehead atoms. The van der Waals surface area contributed by atoms with E-state index in [1.54, 1.807) is 10.6 Å². The van der Waals surface area contributed by atoms with Gasteiger partial charge in [0.1, 0.15) is 18.2 Å². The summed E-state index contributed by atoms with van der Waals surface area (Å²) in [5.41, 5.74) is 1.17. The van der Waals surface area contributed by atoms with E-state index in [1.807, 2.05) is 11.0 Å². The Labute approximate surface area is 121 Å². The zero-order chi connectivity index (χ0) is 14.8. The predicted molar refractivity (Wildman–Crippen MR) is 74.8 cm³/mol. The first-order valence-corrected chi connectivity index (χ1v) is 6.98. The fourth-order valence-corrected chi connectivity index (χ4v) is 2.74. The van der Waals surface area contributed by atoms with E-state index in [0.29, 0.717) is 16.9 Å². The van der Waals surface area contributed by atoms with Crippen molar-refractivity contribution in [1.82, 2.24) is 14.5 Å². The second-order valence-corrected chi connectivity index (χ2v) is 5.17. The van der Waals surface area contributed by atoms with Crippen LogP contribution in [0.3, 0.4) is 0 Å². The van der Waals surface area contributed by atoms with E-state index >= 15 is 0 Å². The maximum absolute atomic E-state index is 13.3. The highest BCUT2D eigenvalue weighted by atomic mass is 19.1. The number of carbonyl (C=O) groups excluding carboxylic acids is 1. The molecule has 1 aliphatic heterocycles. The molecule has 1 aromatic heterocycles. The van der Waals surface area contributed by atoms with E-state index in [-0.39, 0.29) is 24.7 Å². The molecule has 0 aliphatic carbocycles. The molecule has 2 aromatic rings. The van der Waals surface area contributed by atoms with E-state index in [1.165, 1.54) is 12.1 Å². The lowest BCUT2D eigenvalue weighted by molar-refractivity contribution is -0.130. The molecule has 0 saturated carbocycles. The number of rotatable bonds is 3. The summed E-state index contributed by atoms with van der Waals surface area (Å²) in [6.07, 6.45) is 2.17. The molecule has 1 saturated heterocycles. The van der Waals surface area contributed by atoms with Gasteiger partial charge in [-0.15, -0.1) is 0 Å². The lowest BCUT2D eigenvalue weighted by Crippen LogP contribution is -2.31. The highest BCUT2D eigenvalue weighted by Gasteiger charge is 2.20. The molecule has 0 N–H and O–H groups in total. The van der Waals surface area contributed by atoms with Crippen LogP contribution in [0.1, 0.15) is 18.7 Å². The van der Waals surface area contributed by atoms with Gasteiger partial charge >= 0.3 is 0 Å². The van der Waals surface area contributed by atoms with Gasteiger partial charge in [-0.25, -0.2) is 9.37 Å². The van der Waals surface area contributed by atoms with Crippen molar-refractivity contribution >= 4 is 16.9 Å². The molecule has 0 unspecified atom stereocenters. The number of amides is 1. The van der Waals surface area contributed by atoms with Crippen molar-refractivity contribution in [2.75, 3.05) is 13.1 Å². The van der Waals surface area contributed by atoms with Crippen LogP contribution in [0, 0.1) is 17.1 Å². The summed E-state index contributed by atoms with van der Waals surface area (Å²) in [5.74, 6) is 0.155. The highest BCUT2D eigenvalue weighted by molar-refractivity contribution is 5.81. The molecular weight excluding hydrogens is 271 g/mol. The van der Waals surface area contributed by atoms with Gasteiger partial charge in [-0.05, 0) is 25.0 Å². The Morgan fingerprint density at radius 2 is 2.14 bits per heavy atom. The van der Waals surface area contributed by atoms with Crippen molar-refractivity contribution in [2.45, 2.75) is 25.8 Å². The number of nitrogens with zero attached hydrogens (tertiary/aromatic N) is 4. The number of likely N-dealkylation sites (tertiary alicyclic amines) is 1. The molecule has 5 nitrogen and oxygen atoms in total. The molecule has 21 heavy (non-hydrogen) atoms. The fourth-order valence-electron chi connectivity index (χ4n) is 2.74. The van der Waals surface area contributed by atoms with E-state index in [2.05, 4.69) is 4.98 Å². The summed E-state index contributed by atoms with van der Waals surface area (Å²) in [6.45, 7) is 1.72. The predicted octanol–water partition coefficient (Wildman–Crippen LogP) is 1.86. The third kappa shape index (κ3) is 2.59. The maximum Gasteiger partial charge on any atom is 0.242 e. The van der Waals surface area contributed by atoms with Crippen LogP contribution in [-0.4, -0.2) is 33.4 Å². The Morgan fingerprint density at radius 1 is 1.38 bits per heavy atom. The van der Waals surface area contributed by atoms with E-state index in [4.69, 9.17) is 5.26 Å². The number of carbonyl (C=O) groups is 1. The summed E-state index contributed by atoms with van der Waals surface area (Å²) in [4.78, 5) is 18.4. The maximum atomic E-state index is 13.3. The molecule has 108 valence electrons. The van der Waals surface area contributed by atoms with Crippen molar-refractivity contribution < 1.29 is 9.18 Å². The Morgan fingerprint density at radius 3 is 2.86 bits per heavy atom. The minimum atomic E-state index is -0.374. The molecule has 1 aromatic carbocycles. The topological polar surface area (TPSA) is 61.9 Å². The van der Waals surface area contributed by atoms with Gasteiger partial charge in [-0.3, -0.25) is 4.79 Å². The number of aromatic nitrogens is 2. The van der Waals surface area contributed by atoms with Crippen molar-refractivity contribution in [3.63, 3.8) is 0 Å². The summed E-state index contributed by atoms with van der Waals surface area (Å²) in [5, 5.41) is 8.90. The molecule has 2 heterocycles. The summed E-state index contributed by atoms with van der Waals surface area (Å²) in [7, 11) is 0. The zero-order valence-electron chi connectivity index (χ0n) is 11.5. The number of fused-ring (bicyclic) bond motifs is 1. The third-order valence-electron chi connectivity index (χ3n) is 3.78. The van der Waals surface area contributed by atoms with E-state index in [9.17, 15) is 9.18 Å². The highest BCUT2D eigenvalue weighted by Crippen LogP contribution is 2.19. The lowest BCUT2D eigenvalue weighted by Gasteiger charge is -2.16. The largest absolute Gasteiger partial charge is 0.341 e. The van der Waals surface area contributed by atoms with Crippen LogP contribution in [0.5, 0.6) is 0 Å². The lowest BCUT2D eigenvalue weighted by atomic mass is 10.3. The summed E-state index contributed by atoms with van der Waals surface area (Å²) < 4.78 is 15.0. The summed E-state index contributed by atoms with van der Waals surface area (Å²) >= 11 is 0. The van der Waals surface area contributed by atoms with Crippen LogP contribution >= 0.6 is 0 Å². The monoisotopic (exact) mass is 286 g/mol. The minimum absolute atomic E-state index is 0.0234. The van der Waals surface area contributed by atoms with Crippen molar-refractivity contribution in [3.05, 3.63) is 29.8 Å². The average Bonchev–Trinajstić information content (AvgIpc) is 3.08. The van der Waals surface area contributed by atoms with Gasteiger partial charge in [0, 0.05) is 19.2 Å². The average molecular weight is 286 g/mol. The van der Waals surface area contributed by atoms with Gasteiger partial charge in [-0.1, -0.05) is 0 Å². The molecular formula is C15H15FN4O. The molecule has 1 amide bonds. The zero-order valence-corrected chi connectivity index (χ0v) is 11.5.